The molecule has 0 saturated carbocycles. The summed E-state index contributed by atoms with van der Waals surface area (Å²) in [6.45, 7) is 1.87. The van der Waals surface area contributed by atoms with E-state index in [0.717, 1.165) is 17.3 Å². The third-order valence-electron chi connectivity index (χ3n) is 4.09. The smallest absolute Gasteiger partial charge is 0.234 e. The van der Waals surface area contributed by atoms with Crippen molar-refractivity contribution >= 4 is 39.0 Å². The number of sulfone groups is 1. The lowest BCUT2D eigenvalue weighted by molar-refractivity contribution is -0.113. The van der Waals surface area contributed by atoms with E-state index in [1.807, 2.05) is 6.92 Å². The number of nitrogens with zero attached hydrogens (tertiary/aromatic N) is 2. The van der Waals surface area contributed by atoms with Crippen LogP contribution in [0.3, 0.4) is 0 Å². The zero-order valence-corrected chi connectivity index (χ0v) is 18.0. The fourth-order valence-corrected chi connectivity index (χ4v) is 4.37. The van der Waals surface area contributed by atoms with Crippen LogP contribution in [-0.4, -0.2) is 37.2 Å². The number of benzene rings is 2. The van der Waals surface area contributed by atoms with Crippen molar-refractivity contribution < 1.29 is 17.9 Å². The molecule has 3 N–H and O–H groups in total. The van der Waals surface area contributed by atoms with Crippen LogP contribution in [0.15, 0.2) is 69.7 Å². The Morgan fingerprint density at radius 2 is 1.80 bits per heavy atom. The first-order chi connectivity index (χ1) is 14.3. The van der Waals surface area contributed by atoms with Crippen molar-refractivity contribution in [2.24, 2.45) is 0 Å². The molecule has 3 aromatic rings. The van der Waals surface area contributed by atoms with Gasteiger partial charge in [-0.05, 0) is 43.3 Å². The number of ether oxygens (including phenoxy) is 1. The van der Waals surface area contributed by atoms with Crippen LogP contribution >= 0.6 is 11.8 Å². The Bertz CT molecular complexity index is 1150. The number of nitrogen functional groups attached to an aromatic ring is 1. The standard InChI is InChI=1S/C20H20N4O4S2/c1-13-3-9-16(10-4-13)30(26,27)17-11-22-20(24-19(17)21)29-12-18(25)23-14-5-7-15(28-2)8-6-14/h3-11H,12H2,1-2H3,(H,23,25)(H2,21,22,24). The number of rotatable bonds is 7. The lowest BCUT2D eigenvalue weighted by Gasteiger charge is -2.09. The van der Waals surface area contributed by atoms with Gasteiger partial charge in [-0.1, -0.05) is 29.5 Å². The number of amides is 1. The van der Waals surface area contributed by atoms with Gasteiger partial charge >= 0.3 is 0 Å². The lowest BCUT2D eigenvalue weighted by atomic mass is 10.2. The first kappa shape index (κ1) is 21.6. The van der Waals surface area contributed by atoms with E-state index in [4.69, 9.17) is 10.5 Å². The lowest BCUT2D eigenvalue weighted by Crippen LogP contribution is -2.14. The maximum Gasteiger partial charge on any atom is 0.234 e. The molecule has 0 aliphatic rings. The molecular formula is C20H20N4O4S2. The number of hydrogen-bond acceptors (Lipinski definition) is 8. The normalized spacial score (nSPS) is 11.1. The molecule has 0 fully saturated rings. The minimum absolute atomic E-state index is 0.0372. The Balaban J connectivity index is 1.66. The number of carbonyl (C=O) groups excluding carboxylic acids is 1. The number of hydrogen-bond donors (Lipinski definition) is 2. The molecule has 0 unspecified atom stereocenters. The summed E-state index contributed by atoms with van der Waals surface area (Å²) in [4.78, 5) is 20.1. The topological polar surface area (TPSA) is 124 Å². The number of anilines is 2. The summed E-state index contributed by atoms with van der Waals surface area (Å²) in [7, 11) is -2.27. The van der Waals surface area contributed by atoms with Gasteiger partial charge in [-0.2, -0.15) is 0 Å². The summed E-state index contributed by atoms with van der Waals surface area (Å²) < 4.78 is 30.6. The van der Waals surface area contributed by atoms with E-state index >= 15 is 0 Å². The summed E-state index contributed by atoms with van der Waals surface area (Å²) in [6, 6.07) is 13.3. The molecule has 30 heavy (non-hydrogen) atoms. The van der Waals surface area contributed by atoms with Gasteiger partial charge in [0.2, 0.25) is 15.7 Å². The maximum absolute atomic E-state index is 12.8. The summed E-state index contributed by atoms with van der Waals surface area (Å²) in [5.41, 5.74) is 7.44. The van der Waals surface area contributed by atoms with Crippen LogP contribution in [0.25, 0.3) is 0 Å². The molecule has 10 heteroatoms. The fraction of sp³-hybridized carbons (Fsp3) is 0.150. The van der Waals surface area contributed by atoms with E-state index in [9.17, 15) is 13.2 Å². The number of nitrogens with two attached hydrogens (primary N) is 1. The van der Waals surface area contributed by atoms with Gasteiger partial charge in [0.05, 0.1) is 24.0 Å². The summed E-state index contributed by atoms with van der Waals surface area (Å²) in [5.74, 6) is 0.300. The molecule has 1 amide bonds. The van der Waals surface area contributed by atoms with Crippen molar-refractivity contribution in [1.29, 1.82) is 0 Å². The minimum atomic E-state index is -3.83. The number of carbonyl (C=O) groups is 1. The van der Waals surface area contributed by atoms with Gasteiger partial charge in [0.15, 0.2) is 5.16 Å². The highest BCUT2D eigenvalue weighted by atomic mass is 32.2. The number of methoxy groups -OCH3 is 1. The van der Waals surface area contributed by atoms with Crippen LogP contribution in [0.5, 0.6) is 5.75 Å². The third kappa shape index (κ3) is 5.08. The van der Waals surface area contributed by atoms with Crippen molar-refractivity contribution in [2.45, 2.75) is 21.9 Å². The van der Waals surface area contributed by atoms with Gasteiger partial charge in [-0.3, -0.25) is 4.79 Å². The van der Waals surface area contributed by atoms with Crippen molar-refractivity contribution in [3.63, 3.8) is 0 Å². The highest BCUT2D eigenvalue weighted by molar-refractivity contribution is 7.99. The van der Waals surface area contributed by atoms with Crippen LogP contribution in [0.1, 0.15) is 5.56 Å². The fourth-order valence-electron chi connectivity index (χ4n) is 2.49. The van der Waals surface area contributed by atoms with Crippen molar-refractivity contribution in [2.75, 3.05) is 23.9 Å². The van der Waals surface area contributed by atoms with Crippen LogP contribution in [0.2, 0.25) is 0 Å². The van der Waals surface area contributed by atoms with Gasteiger partial charge in [0, 0.05) is 5.69 Å². The molecule has 0 atom stereocenters. The molecule has 0 aliphatic carbocycles. The highest BCUT2D eigenvalue weighted by Crippen LogP contribution is 2.26. The quantitative estimate of drug-likeness (QED) is 0.421. The van der Waals surface area contributed by atoms with Crippen LogP contribution in [0.4, 0.5) is 11.5 Å². The molecule has 0 aliphatic heterocycles. The Labute approximate surface area is 178 Å². The van der Waals surface area contributed by atoms with Gasteiger partial charge in [0.1, 0.15) is 16.5 Å². The van der Waals surface area contributed by atoms with Crippen LogP contribution in [0, 0.1) is 6.92 Å². The molecule has 0 bridgehead atoms. The van der Waals surface area contributed by atoms with E-state index < -0.39 is 9.84 Å². The van der Waals surface area contributed by atoms with Crippen molar-refractivity contribution in [3.8, 4) is 5.75 Å². The van der Waals surface area contributed by atoms with E-state index in [2.05, 4.69) is 15.3 Å². The van der Waals surface area contributed by atoms with Crippen molar-refractivity contribution in [1.82, 2.24) is 9.97 Å². The predicted molar refractivity (Wildman–Crippen MR) is 115 cm³/mol. The van der Waals surface area contributed by atoms with Gasteiger partial charge < -0.3 is 15.8 Å². The number of nitrogens with one attached hydrogen (secondary N) is 1. The van der Waals surface area contributed by atoms with Gasteiger partial charge in [-0.25, -0.2) is 18.4 Å². The number of thioether (sulfide) groups is 1. The molecule has 2 aromatic carbocycles. The number of aromatic nitrogens is 2. The Kier molecular flexibility index (Phi) is 6.58. The predicted octanol–water partition coefficient (Wildman–Crippen LogP) is 2.94. The van der Waals surface area contributed by atoms with E-state index in [-0.39, 0.29) is 32.4 Å². The monoisotopic (exact) mass is 444 g/mol. The summed E-state index contributed by atoms with van der Waals surface area (Å²) >= 11 is 1.05. The number of aryl methyl sites for hydroxylation is 1. The second-order valence-corrected chi connectivity index (χ2v) is 9.14. The van der Waals surface area contributed by atoms with E-state index in [1.54, 1.807) is 43.5 Å². The van der Waals surface area contributed by atoms with Crippen molar-refractivity contribution in [3.05, 3.63) is 60.3 Å². The molecule has 8 nitrogen and oxygen atoms in total. The second-order valence-electron chi connectivity index (χ2n) is 6.28. The first-order valence-electron chi connectivity index (χ1n) is 8.80. The zero-order valence-electron chi connectivity index (χ0n) is 16.3. The average molecular weight is 445 g/mol. The molecule has 156 valence electrons. The van der Waals surface area contributed by atoms with E-state index in [1.165, 1.54) is 18.3 Å². The molecule has 1 heterocycles. The second kappa shape index (κ2) is 9.14. The summed E-state index contributed by atoms with van der Waals surface area (Å²) in [5, 5.41) is 2.95. The summed E-state index contributed by atoms with van der Waals surface area (Å²) in [6.07, 6.45) is 1.17. The first-order valence-corrected chi connectivity index (χ1v) is 11.3. The largest absolute Gasteiger partial charge is 0.497 e. The molecule has 0 radical (unpaired) electrons. The molecule has 0 spiro atoms. The van der Waals surface area contributed by atoms with Crippen LogP contribution in [-0.2, 0) is 14.6 Å². The Morgan fingerprint density at radius 3 is 2.40 bits per heavy atom. The Morgan fingerprint density at radius 1 is 1.13 bits per heavy atom. The van der Waals surface area contributed by atoms with Gasteiger partial charge in [0.25, 0.3) is 0 Å². The minimum Gasteiger partial charge on any atom is -0.497 e. The maximum atomic E-state index is 12.8. The zero-order chi connectivity index (χ0) is 21.7. The van der Waals surface area contributed by atoms with E-state index in [0.29, 0.717) is 11.4 Å². The van der Waals surface area contributed by atoms with Crippen LogP contribution < -0.4 is 15.8 Å². The average Bonchev–Trinajstić information content (AvgIpc) is 2.73. The molecule has 3 rings (SSSR count). The SMILES string of the molecule is COc1ccc(NC(=O)CSc2ncc(S(=O)(=O)c3ccc(C)cc3)c(N)n2)cc1. The molecular weight excluding hydrogens is 424 g/mol. The Hall–Kier alpha value is -3.11. The van der Waals surface area contributed by atoms with Gasteiger partial charge in [-0.15, -0.1) is 0 Å². The third-order valence-corrected chi connectivity index (χ3v) is 6.74. The highest BCUT2D eigenvalue weighted by Gasteiger charge is 2.22. The molecule has 0 saturated heterocycles. The molecule has 1 aromatic heterocycles.